The van der Waals surface area contributed by atoms with Gasteiger partial charge in [0.05, 0.1) is 0 Å². The van der Waals surface area contributed by atoms with Crippen molar-refractivity contribution in [1.82, 2.24) is 15.1 Å². The first-order chi connectivity index (χ1) is 14.1. The number of carbonyl (C=O) groups is 1. The second-order valence-electron chi connectivity index (χ2n) is 7.51. The van der Waals surface area contributed by atoms with Crippen molar-refractivity contribution in [3.8, 4) is 0 Å². The van der Waals surface area contributed by atoms with E-state index in [1.807, 2.05) is 36.2 Å². The normalized spacial score (nSPS) is 13.6. The molecule has 162 valence electrons. The highest BCUT2D eigenvalue weighted by Gasteiger charge is 2.17. The fourth-order valence-electron chi connectivity index (χ4n) is 3.57. The van der Waals surface area contributed by atoms with Crippen LogP contribution >= 0.6 is 24.0 Å². The third kappa shape index (κ3) is 6.62. The van der Waals surface area contributed by atoms with E-state index in [0.717, 1.165) is 49.7 Å². The van der Waals surface area contributed by atoms with Gasteiger partial charge in [-0.2, -0.15) is 0 Å². The molecule has 0 radical (unpaired) electrons. The predicted octanol–water partition coefficient (Wildman–Crippen LogP) is 4.45. The summed E-state index contributed by atoms with van der Waals surface area (Å²) < 4.78 is 0. The van der Waals surface area contributed by atoms with E-state index in [9.17, 15) is 4.79 Å². The summed E-state index contributed by atoms with van der Waals surface area (Å²) in [4.78, 5) is 20.7. The molecule has 1 aliphatic rings. The topological polar surface area (TPSA) is 60.0 Å². The van der Waals surface area contributed by atoms with E-state index >= 15 is 0 Å². The van der Waals surface area contributed by atoms with Gasteiger partial charge in [0.1, 0.15) is 0 Å². The summed E-state index contributed by atoms with van der Waals surface area (Å²) in [6.07, 6.45) is 2.18. The summed E-state index contributed by atoms with van der Waals surface area (Å²) in [5.74, 6) is 0.833. The lowest BCUT2D eigenvalue weighted by Crippen LogP contribution is -2.38. The molecule has 7 heteroatoms. The zero-order valence-electron chi connectivity index (χ0n) is 18.0. The van der Waals surface area contributed by atoms with Crippen molar-refractivity contribution in [1.29, 1.82) is 0 Å². The molecule has 0 bridgehead atoms. The van der Waals surface area contributed by atoms with Crippen molar-refractivity contribution < 1.29 is 4.79 Å². The third-order valence-corrected chi connectivity index (χ3v) is 5.26. The lowest BCUT2D eigenvalue weighted by molar-refractivity contribution is 0.222. The summed E-state index contributed by atoms with van der Waals surface area (Å²) in [5, 5.41) is 6.42. The fraction of sp³-hybridized carbons (Fsp3) is 0.391. The Hall–Kier alpha value is -2.29. The molecule has 1 heterocycles. The van der Waals surface area contributed by atoms with Crippen LogP contribution in [0.15, 0.2) is 53.5 Å². The number of urea groups is 1. The number of aliphatic imine (C=N–C) groups is 1. The van der Waals surface area contributed by atoms with Gasteiger partial charge in [-0.3, -0.25) is 4.99 Å². The number of hydrogen-bond acceptors (Lipinski definition) is 2. The van der Waals surface area contributed by atoms with Crippen LogP contribution in [0.2, 0.25) is 0 Å². The van der Waals surface area contributed by atoms with Gasteiger partial charge in [-0.25, -0.2) is 4.79 Å². The van der Waals surface area contributed by atoms with Crippen molar-refractivity contribution in [3.05, 3.63) is 65.2 Å². The minimum atomic E-state index is -0.0126. The van der Waals surface area contributed by atoms with Crippen LogP contribution in [-0.2, 0) is 13.1 Å². The number of carbonyl (C=O) groups excluding carboxylic acids is 1. The second kappa shape index (κ2) is 11.8. The van der Waals surface area contributed by atoms with Crippen LogP contribution in [0.3, 0.4) is 0 Å². The molecule has 6 nitrogen and oxygen atoms in total. The van der Waals surface area contributed by atoms with Gasteiger partial charge in [-0.1, -0.05) is 36.4 Å². The molecule has 30 heavy (non-hydrogen) atoms. The van der Waals surface area contributed by atoms with Gasteiger partial charge in [0, 0.05) is 46.0 Å². The van der Waals surface area contributed by atoms with Gasteiger partial charge >= 0.3 is 6.03 Å². The third-order valence-electron chi connectivity index (χ3n) is 5.26. The average molecular weight is 521 g/mol. The first-order valence-electron chi connectivity index (χ1n) is 10.2. The number of halogens is 1. The van der Waals surface area contributed by atoms with Crippen molar-refractivity contribution in [2.45, 2.75) is 32.9 Å². The molecule has 0 aliphatic carbocycles. The summed E-state index contributed by atoms with van der Waals surface area (Å²) in [6, 6.07) is 16.3. The Morgan fingerprint density at radius 1 is 1.13 bits per heavy atom. The molecule has 1 aliphatic heterocycles. The lowest BCUT2D eigenvalue weighted by Gasteiger charge is -2.23. The molecule has 2 N–H and O–H groups in total. The van der Waals surface area contributed by atoms with Crippen molar-refractivity contribution in [2.24, 2.45) is 4.99 Å². The Balaban J connectivity index is 0.00000320. The van der Waals surface area contributed by atoms with Crippen LogP contribution in [0.4, 0.5) is 10.5 Å². The van der Waals surface area contributed by atoms with E-state index in [2.05, 4.69) is 51.7 Å². The number of guanidine groups is 1. The predicted molar refractivity (Wildman–Crippen MR) is 135 cm³/mol. The molecule has 1 saturated heterocycles. The maximum Gasteiger partial charge on any atom is 0.321 e. The Labute approximate surface area is 196 Å². The molecular weight excluding hydrogens is 489 g/mol. The number of hydrogen-bond donors (Lipinski definition) is 2. The first kappa shape index (κ1) is 24.0. The Bertz CT molecular complexity index is 864. The highest BCUT2D eigenvalue weighted by Crippen LogP contribution is 2.14. The second-order valence-corrected chi connectivity index (χ2v) is 7.51. The van der Waals surface area contributed by atoms with Crippen LogP contribution in [0.1, 0.15) is 29.5 Å². The maximum atomic E-state index is 12.3. The number of rotatable bonds is 5. The molecule has 0 atom stereocenters. The number of likely N-dealkylation sites (tertiary alicyclic amines) is 1. The van der Waals surface area contributed by atoms with Gasteiger partial charge < -0.3 is 20.4 Å². The van der Waals surface area contributed by atoms with E-state index in [-0.39, 0.29) is 30.0 Å². The summed E-state index contributed by atoms with van der Waals surface area (Å²) in [5.41, 5.74) is 4.47. The Morgan fingerprint density at radius 3 is 2.57 bits per heavy atom. The molecule has 0 unspecified atom stereocenters. The van der Waals surface area contributed by atoms with Gasteiger partial charge in [0.25, 0.3) is 0 Å². The van der Waals surface area contributed by atoms with E-state index in [1.165, 1.54) is 11.1 Å². The van der Waals surface area contributed by atoms with Crippen LogP contribution < -0.4 is 10.6 Å². The SMILES string of the molecule is CN=C(NCc1cccc(NC(=O)N2CCCC2)c1)N(C)Cc1ccccc1C.I. The van der Waals surface area contributed by atoms with Crippen LogP contribution in [-0.4, -0.2) is 49.0 Å². The van der Waals surface area contributed by atoms with Gasteiger partial charge in [0.15, 0.2) is 5.96 Å². The van der Waals surface area contributed by atoms with Gasteiger partial charge in [-0.15, -0.1) is 24.0 Å². The molecule has 3 rings (SSSR count). The standard InChI is InChI=1S/C23H31N5O.HI/c1-18-9-4-5-11-20(18)17-27(3)22(24-2)25-16-19-10-8-12-21(15-19)26-23(29)28-13-6-7-14-28;/h4-5,8-12,15H,6-7,13-14,16-17H2,1-3H3,(H,24,25)(H,26,29);1H. The lowest BCUT2D eigenvalue weighted by atomic mass is 10.1. The highest BCUT2D eigenvalue weighted by molar-refractivity contribution is 14.0. The first-order valence-corrected chi connectivity index (χ1v) is 10.2. The summed E-state index contributed by atoms with van der Waals surface area (Å²) >= 11 is 0. The Morgan fingerprint density at radius 2 is 1.87 bits per heavy atom. The van der Waals surface area contributed by atoms with E-state index in [1.54, 1.807) is 7.05 Å². The smallest absolute Gasteiger partial charge is 0.321 e. The molecule has 2 amide bonds. The van der Waals surface area contributed by atoms with Crippen LogP contribution in [0, 0.1) is 6.92 Å². The zero-order valence-corrected chi connectivity index (χ0v) is 20.3. The molecule has 0 saturated carbocycles. The number of aryl methyl sites for hydroxylation is 1. The maximum absolute atomic E-state index is 12.3. The number of nitrogens with one attached hydrogen (secondary N) is 2. The minimum absolute atomic E-state index is 0. The van der Waals surface area contributed by atoms with Crippen LogP contribution in [0.25, 0.3) is 0 Å². The quantitative estimate of drug-likeness (QED) is 0.348. The molecular formula is C23H32IN5O. The number of anilines is 1. The molecule has 2 aromatic carbocycles. The largest absolute Gasteiger partial charge is 0.352 e. The van der Waals surface area contributed by atoms with Crippen molar-refractivity contribution in [3.63, 3.8) is 0 Å². The van der Waals surface area contributed by atoms with Crippen LogP contribution in [0.5, 0.6) is 0 Å². The van der Waals surface area contributed by atoms with Crippen molar-refractivity contribution in [2.75, 3.05) is 32.5 Å². The molecule has 0 spiro atoms. The molecule has 2 aromatic rings. The fourth-order valence-corrected chi connectivity index (χ4v) is 3.57. The molecule has 1 fully saturated rings. The number of amides is 2. The zero-order chi connectivity index (χ0) is 20.6. The average Bonchev–Trinajstić information content (AvgIpc) is 3.26. The van der Waals surface area contributed by atoms with Gasteiger partial charge in [-0.05, 0) is 48.6 Å². The summed E-state index contributed by atoms with van der Waals surface area (Å²) in [7, 11) is 3.83. The van der Waals surface area contributed by atoms with Gasteiger partial charge in [0.2, 0.25) is 0 Å². The summed E-state index contributed by atoms with van der Waals surface area (Å²) in [6.45, 7) is 5.24. The highest BCUT2D eigenvalue weighted by atomic mass is 127. The number of benzene rings is 2. The van der Waals surface area contributed by atoms with E-state index in [4.69, 9.17) is 0 Å². The Kier molecular flexibility index (Phi) is 9.42. The number of nitrogens with zero attached hydrogens (tertiary/aromatic N) is 3. The monoisotopic (exact) mass is 521 g/mol. The van der Waals surface area contributed by atoms with E-state index in [0.29, 0.717) is 6.54 Å². The van der Waals surface area contributed by atoms with Crippen molar-refractivity contribution >= 4 is 41.7 Å². The minimum Gasteiger partial charge on any atom is -0.352 e. The molecule has 0 aromatic heterocycles. The van der Waals surface area contributed by atoms with E-state index < -0.39 is 0 Å².